The number of imidazole rings is 1. The van der Waals surface area contributed by atoms with Crippen LogP contribution in [0.3, 0.4) is 0 Å². The minimum absolute atomic E-state index is 0.291. The fourth-order valence-corrected chi connectivity index (χ4v) is 2.13. The van der Waals surface area contributed by atoms with Crippen LogP contribution in [0.2, 0.25) is 0 Å². The molecule has 4 nitrogen and oxygen atoms in total. The number of aromatic nitrogens is 2. The van der Waals surface area contributed by atoms with Gasteiger partial charge in [-0.05, 0) is 26.0 Å². The number of ether oxygens (including phenoxy) is 1. The van der Waals surface area contributed by atoms with Crippen LogP contribution in [0.25, 0.3) is 0 Å². The van der Waals surface area contributed by atoms with Gasteiger partial charge in [0, 0.05) is 30.5 Å². The van der Waals surface area contributed by atoms with Crippen molar-refractivity contribution in [2.45, 2.75) is 25.9 Å². The van der Waals surface area contributed by atoms with Crippen LogP contribution >= 0.6 is 0 Å². The Kier molecular flexibility index (Phi) is 4.98. The van der Waals surface area contributed by atoms with Gasteiger partial charge >= 0.3 is 0 Å². The fraction of sp³-hybridized carbons (Fsp3) is 0.400. The van der Waals surface area contributed by atoms with Gasteiger partial charge < -0.3 is 14.6 Å². The maximum absolute atomic E-state index is 5.38. The van der Waals surface area contributed by atoms with E-state index in [9.17, 15) is 0 Å². The number of para-hydroxylation sites is 1. The van der Waals surface area contributed by atoms with Gasteiger partial charge in [0.05, 0.1) is 13.4 Å². The number of nitrogens with one attached hydrogen (secondary N) is 1. The van der Waals surface area contributed by atoms with Crippen molar-refractivity contribution in [1.29, 1.82) is 0 Å². The number of hydrogen-bond acceptors (Lipinski definition) is 3. The molecule has 4 heteroatoms. The molecule has 1 N–H and O–H groups in total. The molecule has 1 atom stereocenters. The minimum Gasteiger partial charge on any atom is -0.496 e. The molecule has 0 unspecified atom stereocenters. The predicted molar refractivity (Wildman–Crippen MR) is 76.3 cm³/mol. The Morgan fingerprint density at radius 3 is 2.95 bits per heavy atom. The van der Waals surface area contributed by atoms with Gasteiger partial charge in [0.1, 0.15) is 5.75 Å². The van der Waals surface area contributed by atoms with Gasteiger partial charge in [0.15, 0.2) is 0 Å². The van der Waals surface area contributed by atoms with Crippen molar-refractivity contribution in [3.05, 3.63) is 48.5 Å². The summed E-state index contributed by atoms with van der Waals surface area (Å²) in [5, 5.41) is 3.52. The van der Waals surface area contributed by atoms with Gasteiger partial charge in [-0.15, -0.1) is 0 Å². The van der Waals surface area contributed by atoms with Crippen LogP contribution in [0.1, 0.15) is 24.9 Å². The molecular weight excluding hydrogens is 238 g/mol. The lowest BCUT2D eigenvalue weighted by atomic mass is 10.1. The van der Waals surface area contributed by atoms with E-state index in [-0.39, 0.29) is 0 Å². The molecule has 102 valence electrons. The summed E-state index contributed by atoms with van der Waals surface area (Å²) in [7, 11) is 1.71. The van der Waals surface area contributed by atoms with Crippen molar-refractivity contribution < 1.29 is 4.74 Å². The smallest absolute Gasteiger partial charge is 0.123 e. The van der Waals surface area contributed by atoms with Crippen molar-refractivity contribution in [2.24, 2.45) is 0 Å². The Morgan fingerprint density at radius 2 is 2.21 bits per heavy atom. The Hall–Kier alpha value is -1.81. The van der Waals surface area contributed by atoms with Gasteiger partial charge in [-0.3, -0.25) is 0 Å². The van der Waals surface area contributed by atoms with E-state index in [1.807, 2.05) is 36.9 Å². The van der Waals surface area contributed by atoms with Crippen molar-refractivity contribution in [3.63, 3.8) is 0 Å². The Bertz CT molecular complexity index is 482. The van der Waals surface area contributed by atoms with E-state index in [1.54, 1.807) is 7.11 Å². The highest BCUT2D eigenvalue weighted by Crippen LogP contribution is 2.24. The first-order chi connectivity index (χ1) is 9.31. The van der Waals surface area contributed by atoms with Gasteiger partial charge in [-0.2, -0.15) is 0 Å². The highest BCUT2D eigenvalue weighted by atomic mass is 16.5. The second-order valence-electron chi connectivity index (χ2n) is 4.57. The van der Waals surface area contributed by atoms with Gasteiger partial charge in [0.2, 0.25) is 0 Å². The molecule has 19 heavy (non-hydrogen) atoms. The molecule has 2 aromatic rings. The summed E-state index contributed by atoms with van der Waals surface area (Å²) in [5.41, 5.74) is 1.20. The highest BCUT2D eigenvalue weighted by molar-refractivity contribution is 5.35. The summed E-state index contributed by atoms with van der Waals surface area (Å²) in [5.74, 6) is 0.942. The van der Waals surface area contributed by atoms with Crippen LogP contribution in [-0.2, 0) is 6.54 Å². The largest absolute Gasteiger partial charge is 0.496 e. The average Bonchev–Trinajstić information content (AvgIpc) is 2.96. The standard InChI is InChI=1S/C15H21N3O/c1-13(14-6-3-4-7-15(14)19-2)17-8-5-10-18-11-9-16-12-18/h3-4,6-7,9,11-13,17H,5,8,10H2,1-2H3/t13-/m0/s1. The van der Waals surface area contributed by atoms with Crippen LogP contribution in [0.5, 0.6) is 5.75 Å². The summed E-state index contributed by atoms with van der Waals surface area (Å²) in [6.07, 6.45) is 6.73. The Balaban J connectivity index is 1.79. The number of aryl methyl sites for hydroxylation is 1. The van der Waals surface area contributed by atoms with E-state index < -0.39 is 0 Å². The van der Waals surface area contributed by atoms with Gasteiger partial charge in [-0.1, -0.05) is 18.2 Å². The number of methoxy groups -OCH3 is 1. The first kappa shape index (κ1) is 13.6. The quantitative estimate of drug-likeness (QED) is 0.777. The van der Waals surface area contributed by atoms with Crippen molar-refractivity contribution in [2.75, 3.05) is 13.7 Å². The second-order valence-corrected chi connectivity index (χ2v) is 4.57. The van der Waals surface area contributed by atoms with E-state index in [0.717, 1.165) is 25.3 Å². The summed E-state index contributed by atoms with van der Waals surface area (Å²) in [6, 6.07) is 8.43. The Labute approximate surface area is 114 Å². The molecule has 1 heterocycles. The van der Waals surface area contributed by atoms with Crippen LogP contribution in [0, 0.1) is 0 Å². The summed E-state index contributed by atoms with van der Waals surface area (Å²) in [6.45, 7) is 4.12. The summed E-state index contributed by atoms with van der Waals surface area (Å²) >= 11 is 0. The molecule has 0 spiro atoms. The lowest BCUT2D eigenvalue weighted by Crippen LogP contribution is -2.21. The molecule has 0 aliphatic carbocycles. The molecule has 1 aromatic carbocycles. The molecule has 2 rings (SSSR count). The van der Waals surface area contributed by atoms with Crippen molar-refractivity contribution >= 4 is 0 Å². The molecule has 0 saturated carbocycles. The third kappa shape index (κ3) is 3.83. The normalized spacial score (nSPS) is 12.3. The maximum atomic E-state index is 5.38. The zero-order valence-electron chi connectivity index (χ0n) is 11.5. The van der Waals surface area contributed by atoms with E-state index in [0.29, 0.717) is 6.04 Å². The second kappa shape index (κ2) is 6.95. The van der Waals surface area contributed by atoms with E-state index >= 15 is 0 Å². The maximum Gasteiger partial charge on any atom is 0.123 e. The molecule has 0 radical (unpaired) electrons. The summed E-state index contributed by atoms with van der Waals surface area (Å²) in [4.78, 5) is 4.03. The minimum atomic E-state index is 0.291. The third-order valence-electron chi connectivity index (χ3n) is 3.21. The lowest BCUT2D eigenvalue weighted by Gasteiger charge is -2.17. The monoisotopic (exact) mass is 259 g/mol. The van der Waals surface area contributed by atoms with Crippen LogP contribution in [0.15, 0.2) is 43.0 Å². The first-order valence-electron chi connectivity index (χ1n) is 6.63. The number of nitrogens with zero attached hydrogens (tertiary/aromatic N) is 2. The third-order valence-corrected chi connectivity index (χ3v) is 3.21. The van der Waals surface area contributed by atoms with Crippen LogP contribution in [-0.4, -0.2) is 23.2 Å². The topological polar surface area (TPSA) is 39.1 Å². The molecule has 0 aliphatic rings. The van der Waals surface area contributed by atoms with E-state index in [1.165, 1.54) is 5.56 Å². The fourth-order valence-electron chi connectivity index (χ4n) is 2.13. The lowest BCUT2D eigenvalue weighted by molar-refractivity contribution is 0.401. The van der Waals surface area contributed by atoms with Crippen LogP contribution in [0.4, 0.5) is 0 Å². The van der Waals surface area contributed by atoms with E-state index in [4.69, 9.17) is 4.74 Å². The van der Waals surface area contributed by atoms with Crippen molar-refractivity contribution in [3.8, 4) is 5.75 Å². The number of hydrogen-bond donors (Lipinski definition) is 1. The average molecular weight is 259 g/mol. The predicted octanol–water partition coefficient (Wildman–Crippen LogP) is 2.63. The molecular formula is C15H21N3O. The van der Waals surface area contributed by atoms with Gasteiger partial charge in [-0.25, -0.2) is 4.98 Å². The molecule has 0 fully saturated rings. The molecule has 1 aromatic heterocycles. The first-order valence-corrected chi connectivity index (χ1v) is 6.63. The van der Waals surface area contributed by atoms with Crippen molar-refractivity contribution in [1.82, 2.24) is 14.9 Å². The molecule has 0 aliphatic heterocycles. The molecule has 0 bridgehead atoms. The summed E-state index contributed by atoms with van der Waals surface area (Å²) < 4.78 is 7.47. The number of rotatable bonds is 7. The van der Waals surface area contributed by atoms with E-state index in [2.05, 4.69) is 27.9 Å². The SMILES string of the molecule is COc1ccccc1[C@H](C)NCCCn1ccnc1. The highest BCUT2D eigenvalue weighted by Gasteiger charge is 2.09. The molecule has 0 saturated heterocycles. The zero-order valence-corrected chi connectivity index (χ0v) is 11.5. The number of benzene rings is 1. The van der Waals surface area contributed by atoms with Gasteiger partial charge in [0.25, 0.3) is 0 Å². The zero-order chi connectivity index (χ0) is 13.5. The Morgan fingerprint density at radius 1 is 1.37 bits per heavy atom. The molecule has 0 amide bonds. The van der Waals surface area contributed by atoms with Crippen LogP contribution < -0.4 is 10.1 Å².